The Bertz CT molecular complexity index is 379. The van der Waals surface area contributed by atoms with Gasteiger partial charge < -0.3 is 10.6 Å². The van der Waals surface area contributed by atoms with E-state index in [9.17, 15) is 4.79 Å². The topological polar surface area (TPSA) is 69.8 Å². The average molecular weight is 222 g/mol. The number of carbonyl (C=O) groups excluding carboxylic acids is 1. The molecule has 1 aromatic heterocycles. The van der Waals surface area contributed by atoms with E-state index in [-0.39, 0.29) is 5.91 Å². The van der Waals surface area contributed by atoms with Gasteiger partial charge in [-0.2, -0.15) is 5.10 Å². The monoisotopic (exact) mass is 222 g/mol. The van der Waals surface area contributed by atoms with Crippen molar-refractivity contribution in [2.75, 3.05) is 6.54 Å². The summed E-state index contributed by atoms with van der Waals surface area (Å²) < 4.78 is 0. The molecule has 0 aliphatic carbocycles. The van der Waals surface area contributed by atoms with Crippen LogP contribution in [0.5, 0.6) is 0 Å². The molecule has 2 heterocycles. The third-order valence-electron chi connectivity index (χ3n) is 3.24. The molecular weight excluding hydrogens is 204 g/mol. The van der Waals surface area contributed by atoms with Crippen LogP contribution >= 0.6 is 0 Å². The van der Waals surface area contributed by atoms with E-state index < -0.39 is 5.54 Å². The maximum Gasteiger partial charge on any atom is 0.240 e. The summed E-state index contributed by atoms with van der Waals surface area (Å²) in [4.78, 5) is 12.0. The van der Waals surface area contributed by atoms with Crippen LogP contribution in [0.2, 0.25) is 0 Å². The third-order valence-corrected chi connectivity index (χ3v) is 3.24. The average Bonchev–Trinajstić information content (AvgIpc) is 2.85. The Hall–Kier alpha value is -1.36. The summed E-state index contributed by atoms with van der Waals surface area (Å²) in [5.74, 6) is 0.0746. The van der Waals surface area contributed by atoms with Crippen molar-refractivity contribution in [3.05, 3.63) is 17.5 Å². The third kappa shape index (κ3) is 2.09. The minimum atomic E-state index is -0.391. The van der Waals surface area contributed by atoms with E-state index in [0.29, 0.717) is 6.54 Å². The number of aromatic amines is 1. The van der Waals surface area contributed by atoms with Gasteiger partial charge in [0.15, 0.2) is 0 Å². The molecule has 0 bridgehead atoms. The van der Waals surface area contributed by atoms with Gasteiger partial charge in [-0.25, -0.2) is 0 Å². The van der Waals surface area contributed by atoms with E-state index in [4.69, 9.17) is 0 Å². The van der Waals surface area contributed by atoms with Crippen molar-refractivity contribution < 1.29 is 4.79 Å². The first-order valence-electron chi connectivity index (χ1n) is 5.64. The maximum absolute atomic E-state index is 12.0. The Morgan fingerprint density at radius 1 is 1.69 bits per heavy atom. The number of amides is 1. The molecule has 2 rings (SSSR count). The second kappa shape index (κ2) is 4.25. The molecule has 1 aromatic rings. The Morgan fingerprint density at radius 3 is 3.06 bits per heavy atom. The largest absolute Gasteiger partial charge is 0.350 e. The molecular formula is C11H18N4O. The highest BCUT2D eigenvalue weighted by molar-refractivity contribution is 5.86. The van der Waals surface area contributed by atoms with Crippen LogP contribution in [0.3, 0.4) is 0 Å². The molecule has 1 aliphatic heterocycles. The number of nitrogens with one attached hydrogen (secondary N) is 3. The minimum absolute atomic E-state index is 0.0746. The predicted molar refractivity (Wildman–Crippen MR) is 60.8 cm³/mol. The number of carbonyl (C=O) groups is 1. The normalized spacial score (nSPS) is 24.6. The number of hydrogen-bond donors (Lipinski definition) is 3. The molecule has 1 aliphatic rings. The van der Waals surface area contributed by atoms with Crippen LogP contribution in [0.15, 0.2) is 6.20 Å². The van der Waals surface area contributed by atoms with E-state index >= 15 is 0 Å². The molecule has 16 heavy (non-hydrogen) atoms. The van der Waals surface area contributed by atoms with Crippen molar-refractivity contribution in [2.24, 2.45) is 0 Å². The van der Waals surface area contributed by atoms with E-state index in [1.807, 2.05) is 13.8 Å². The van der Waals surface area contributed by atoms with Gasteiger partial charge in [0, 0.05) is 17.8 Å². The summed E-state index contributed by atoms with van der Waals surface area (Å²) in [5.41, 5.74) is 1.65. The minimum Gasteiger partial charge on any atom is -0.350 e. The molecule has 1 atom stereocenters. The van der Waals surface area contributed by atoms with Crippen LogP contribution < -0.4 is 10.6 Å². The Labute approximate surface area is 95.0 Å². The summed E-state index contributed by atoms with van der Waals surface area (Å²) in [7, 11) is 0. The van der Waals surface area contributed by atoms with Gasteiger partial charge in [-0.1, -0.05) is 0 Å². The number of nitrogens with zero attached hydrogens (tertiary/aromatic N) is 1. The Morgan fingerprint density at radius 2 is 2.50 bits per heavy atom. The van der Waals surface area contributed by atoms with Crippen LogP contribution in [-0.4, -0.2) is 28.2 Å². The lowest BCUT2D eigenvalue weighted by atomic mass is 9.99. The van der Waals surface area contributed by atoms with E-state index in [2.05, 4.69) is 20.8 Å². The van der Waals surface area contributed by atoms with Gasteiger partial charge in [-0.05, 0) is 33.2 Å². The van der Waals surface area contributed by atoms with Crippen molar-refractivity contribution in [1.82, 2.24) is 20.8 Å². The van der Waals surface area contributed by atoms with E-state index in [0.717, 1.165) is 30.6 Å². The molecule has 1 unspecified atom stereocenters. The van der Waals surface area contributed by atoms with Crippen molar-refractivity contribution in [3.8, 4) is 0 Å². The van der Waals surface area contributed by atoms with Gasteiger partial charge in [-0.3, -0.25) is 9.89 Å². The van der Waals surface area contributed by atoms with E-state index in [1.54, 1.807) is 6.20 Å². The number of hydrogen-bond acceptors (Lipinski definition) is 3. The molecule has 0 saturated carbocycles. The number of aryl methyl sites for hydroxylation is 1. The first kappa shape index (κ1) is 11.1. The lowest BCUT2D eigenvalue weighted by Gasteiger charge is -2.22. The first-order chi connectivity index (χ1) is 7.62. The van der Waals surface area contributed by atoms with Gasteiger partial charge >= 0.3 is 0 Å². The zero-order valence-corrected chi connectivity index (χ0v) is 9.76. The van der Waals surface area contributed by atoms with Gasteiger partial charge in [0.05, 0.1) is 11.7 Å². The fourth-order valence-corrected chi connectivity index (χ4v) is 2.01. The zero-order chi connectivity index (χ0) is 11.6. The summed E-state index contributed by atoms with van der Waals surface area (Å²) >= 11 is 0. The zero-order valence-electron chi connectivity index (χ0n) is 9.76. The molecule has 0 aromatic carbocycles. The molecule has 1 amide bonds. The van der Waals surface area contributed by atoms with Crippen LogP contribution in [0.25, 0.3) is 0 Å². The SMILES string of the molecule is Cc1[nH]ncc1CNC(=O)C1(C)CCCN1. The first-order valence-corrected chi connectivity index (χ1v) is 5.64. The lowest BCUT2D eigenvalue weighted by Crippen LogP contribution is -2.50. The van der Waals surface area contributed by atoms with Gasteiger partial charge in [0.1, 0.15) is 0 Å². The van der Waals surface area contributed by atoms with Crippen molar-refractivity contribution >= 4 is 5.91 Å². The highest BCUT2D eigenvalue weighted by Gasteiger charge is 2.35. The molecule has 0 radical (unpaired) electrons. The Kier molecular flexibility index (Phi) is 2.96. The number of H-pyrrole nitrogens is 1. The summed E-state index contributed by atoms with van der Waals surface area (Å²) in [6, 6.07) is 0. The number of rotatable bonds is 3. The Balaban J connectivity index is 1.91. The molecule has 5 nitrogen and oxygen atoms in total. The second-order valence-corrected chi connectivity index (χ2v) is 4.57. The van der Waals surface area contributed by atoms with Gasteiger partial charge in [0.2, 0.25) is 5.91 Å². The fourth-order valence-electron chi connectivity index (χ4n) is 2.01. The van der Waals surface area contributed by atoms with Crippen LogP contribution in [0.4, 0.5) is 0 Å². The molecule has 3 N–H and O–H groups in total. The summed E-state index contributed by atoms with van der Waals surface area (Å²) in [6.45, 7) is 5.37. The van der Waals surface area contributed by atoms with Crippen LogP contribution in [0.1, 0.15) is 31.0 Å². The predicted octanol–water partition coefficient (Wildman–Crippen LogP) is 0.476. The fraction of sp³-hybridized carbons (Fsp3) is 0.636. The molecule has 1 saturated heterocycles. The van der Waals surface area contributed by atoms with Gasteiger partial charge in [-0.15, -0.1) is 0 Å². The van der Waals surface area contributed by atoms with Crippen molar-refractivity contribution in [2.45, 2.75) is 38.8 Å². The van der Waals surface area contributed by atoms with Crippen molar-refractivity contribution in [1.29, 1.82) is 0 Å². The quantitative estimate of drug-likeness (QED) is 0.696. The lowest BCUT2D eigenvalue weighted by molar-refractivity contribution is -0.126. The summed E-state index contributed by atoms with van der Waals surface area (Å²) in [6.07, 6.45) is 3.72. The van der Waals surface area contributed by atoms with Gasteiger partial charge in [0.25, 0.3) is 0 Å². The maximum atomic E-state index is 12.0. The molecule has 88 valence electrons. The highest BCUT2D eigenvalue weighted by Crippen LogP contribution is 2.18. The highest BCUT2D eigenvalue weighted by atomic mass is 16.2. The summed E-state index contributed by atoms with van der Waals surface area (Å²) in [5, 5.41) is 13.0. The molecule has 0 spiro atoms. The molecule has 1 fully saturated rings. The van der Waals surface area contributed by atoms with E-state index in [1.165, 1.54) is 0 Å². The standard InChI is InChI=1S/C11H18N4O/c1-8-9(7-14-15-8)6-12-10(16)11(2)4-3-5-13-11/h7,13H,3-6H2,1-2H3,(H,12,16)(H,14,15). The molecule has 5 heteroatoms. The number of aromatic nitrogens is 2. The smallest absolute Gasteiger partial charge is 0.240 e. The van der Waals surface area contributed by atoms with Crippen molar-refractivity contribution in [3.63, 3.8) is 0 Å². The van der Waals surface area contributed by atoms with Crippen LogP contribution in [-0.2, 0) is 11.3 Å². The second-order valence-electron chi connectivity index (χ2n) is 4.57. The van der Waals surface area contributed by atoms with Crippen LogP contribution in [0, 0.1) is 6.92 Å².